The van der Waals surface area contributed by atoms with E-state index in [0.717, 1.165) is 49.7 Å². The van der Waals surface area contributed by atoms with Gasteiger partial charge >= 0.3 is 12.1 Å². The lowest BCUT2D eigenvalue weighted by Crippen LogP contribution is -2.32. The maximum Gasteiger partial charge on any atom is 0.326 e. The van der Waals surface area contributed by atoms with Crippen molar-refractivity contribution in [3.63, 3.8) is 0 Å². The van der Waals surface area contributed by atoms with Crippen molar-refractivity contribution in [2.75, 3.05) is 18.4 Å². The molecule has 3 amide bonds. The van der Waals surface area contributed by atoms with Gasteiger partial charge in [-0.25, -0.2) is 14.6 Å². The van der Waals surface area contributed by atoms with E-state index in [0.29, 0.717) is 23.4 Å². The van der Waals surface area contributed by atoms with Crippen molar-refractivity contribution in [1.29, 1.82) is 0 Å². The average Bonchev–Trinajstić information content (AvgIpc) is 3.22. The molecule has 0 bridgehead atoms. The molecule has 5 rings (SSSR count). The highest BCUT2D eigenvalue weighted by molar-refractivity contribution is 5.92. The summed E-state index contributed by atoms with van der Waals surface area (Å²) in [6.45, 7) is 1.56. The fourth-order valence-electron chi connectivity index (χ4n) is 3.62. The second kappa shape index (κ2) is 7.70. The van der Waals surface area contributed by atoms with Crippen molar-refractivity contribution in [2.24, 2.45) is 0 Å². The molecule has 2 aromatic heterocycles. The molecule has 2 fully saturated rings. The van der Waals surface area contributed by atoms with Gasteiger partial charge in [-0.2, -0.15) is 0 Å². The van der Waals surface area contributed by atoms with E-state index in [1.54, 1.807) is 34.0 Å². The largest absolute Gasteiger partial charge is 0.457 e. The molecule has 8 nitrogen and oxygen atoms in total. The number of urea groups is 1. The van der Waals surface area contributed by atoms with Crippen molar-refractivity contribution >= 4 is 28.8 Å². The Labute approximate surface area is 173 Å². The summed E-state index contributed by atoms with van der Waals surface area (Å²) in [5.41, 5.74) is 0.828. The maximum absolute atomic E-state index is 12.3. The average molecular weight is 405 g/mol. The Morgan fingerprint density at radius 1 is 1.00 bits per heavy atom. The molecular weight excluding hydrogens is 382 g/mol. The number of carbonyl (C=O) groups excluding carboxylic acids is 2. The van der Waals surface area contributed by atoms with Gasteiger partial charge in [0.2, 0.25) is 0 Å². The van der Waals surface area contributed by atoms with Crippen LogP contribution in [0.25, 0.3) is 10.9 Å². The molecule has 2 aliphatic rings. The Bertz CT molecular complexity index is 1100. The zero-order valence-electron chi connectivity index (χ0n) is 16.5. The summed E-state index contributed by atoms with van der Waals surface area (Å²) in [7, 11) is 0. The second-order valence-corrected chi connectivity index (χ2v) is 7.73. The summed E-state index contributed by atoms with van der Waals surface area (Å²) in [5.74, 6) is 1.67. The van der Waals surface area contributed by atoms with Gasteiger partial charge in [0.1, 0.15) is 17.3 Å². The molecule has 3 heterocycles. The third-order valence-corrected chi connectivity index (χ3v) is 5.38. The van der Waals surface area contributed by atoms with Crippen molar-refractivity contribution in [3.8, 4) is 11.5 Å². The first kappa shape index (κ1) is 18.5. The first-order valence-corrected chi connectivity index (χ1v) is 10.3. The summed E-state index contributed by atoms with van der Waals surface area (Å²) < 4.78 is 7.58. The predicted octanol–water partition coefficient (Wildman–Crippen LogP) is 4.18. The normalized spacial score (nSPS) is 15.9. The van der Waals surface area contributed by atoms with E-state index in [-0.39, 0.29) is 12.1 Å². The quantitative estimate of drug-likeness (QED) is 0.682. The van der Waals surface area contributed by atoms with E-state index in [1.165, 1.54) is 0 Å². The number of carbonyl (C=O) groups is 2. The van der Waals surface area contributed by atoms with E-state index in [9.17, 15) is 9.59 Å². The number of amides is 3. The van der Waals surface area contributed by atoms with E-state index < -0.39 is 0 Å². The number of aromatic nitrogens is 2. The third kappa shape index (κ3) is 3.94. The van der Waals surface area contributed by atoms with Crippen LogP contribution in [0.1, 0.15) is 25.7 Å². The summed E-state index contributed by atoms with van der Waals surface area (Å²) in [4.78, 5) is 30.6. The Kier molecular flexibility index (Phi) is 4.74. The summed E-state index contributed by atoms with van der Waals surface area (Å²) in [6, 6.07) is 11.0. The molecule has 1 saturated carbocycles. The Hall–Kier alpha value is -3.55. The van der Waals surface area contributed by atoms with Crippen LogP contribution in [-0.4, -0.2) is 45.6 Å². The van der Waals surface area contributed by atoms with Gasteiger partial charge in [-0.3, -0.25) is 9.88 Å². The van der Waals surface area contributed by atoms with Crippen LogP contribution in [0, 0.1) is 0 Å². The highest BCUT2D eigenvalue weighted by Gasteiger charge is 2.24. The molecule has 8 heteroatoms. The highest BCUT2D eigenvalue weighted by atomic mass is 16.5. The lowest BCUT2D eigenvalue weighted by atomic mass is 10.2. The fraction of sp³-hybridized carbons (Fsp3) is 0.318. The molecule has 154 valence electrons. The van der Waals surface area contributed by atoms with Gasteiger partial charge in [-0.05, 0) is 56.0 Å². The van der Waals surface area contributed by atoms with E-state index in [2.05, 4.69) is 15.6 Å². The number of ether oxygens (including phenoxy) is 1. The molecule has 1 saturated heterocycles. The van der Waals surface area contributed by atoms with E-state index in [4.69, 9.17) is 4.74 Å². The van der Waals surface area contributed by atoms with Crippen LogP contribution in [-0.2, 0) is 0 Å². The first-order chi connectivity index (χ1) is 14.7. The standard InChI is InChI=1S/C22H23N5O3/c28-21(26-10-1-2-11-26)25-20-14-18(7-9-23-20)30-17-5-6-19-15(13-17)8-12-27(19)22(29)24-16-3-4-16/h5-9,12-14,16H,1-4,10-11H2,(H,24,29)(H,23,25,28). The molecule has 0 atom stereocenters. The van der Waals surface area contributed by atoms with Crippen molar-refractivity contribution in [2.45, 2.75) is 31.7 Å². The molecule has 30 heavy (non-hydrogen) atoms. The van der Waals surface area contributed by atoms with Gasteiger partial charge in [0.25, 0.3) is 0 Å². The van der Waals surface area contributed by atoms with Gasteiger partial charge in [-0.1, -0.05) is 0 Å². The van der Waals surface area contributed by atoms with Gasteiger partial charge in [-0.15, -0.1) is 0 Å². The number of anilines is 1. The fourth-order valence-corrected chi connectivity index (χ4v) is 3.62. The number of likely N-dealkylation sites (tertiary alicyclic amines) is 1. The number of hydrogen-bond acceptors (Lipinski definition) is 4. The monoisotopic (exact) mass is 405 g/mol. The molecule has 3 aromatic rings. The number of nitrogens with zero attached hydrogens (tertiary/aromatic N) is 3. The highest BCUT2D eigenvalue weighted by Crippen LogP contribution is 2.28. The van der Waals surface area contributed by atoms with Crippen molar-refractivity contribution in [3.05, 3.63) is 48.8 Å². The molecule has 0 spiro atoms. The zero-order valence-corrected chi connectivity index (χ0v) is 16.5. The van der Waals surface area contributed by atoms with Gasteiger partial charge in [0.15, 0.2) is 0 Å². The van der Waals surface area contributed by atoms with Crippen LogP contribution in [0.4, 0.5) is 15.4 Å². The van der Waals surface area contributed by atoms with Crippen molar-refractivity contribution in [1.82, 2.24) is 19.8 Å². The lowest BCUT2D eigenvalue weighted by Gasteiger charge is -2.16. The van der Waals surface area contributed by atoms with Gasteiger partial charge in [0.05, 0.1) is 5.52 Å². The predicted molar refractivity (Wildman–Crippen MR) is 113 cm³/mol. The minimum Gasteiger partial charge on any atom is -0.457 e. The third-order valence-electron chi connectivity index (χ3n) is 5.38. The van der Waals surface area contributed by atoms with Crippen LogP contribution in [0.15, 0.2) is 48.8 Å². The summed E-state index contributed by atoms with van der Waals surface area (Å²) in [5, 5.41) is 6.73. The Morgan fingerprint density at radius 3 is 2.60 bits per heavy atom. The number of hydrogen-bond donors (Lipinski definition) is 2. The number of benzene rings is 1. The summed E-state index contributed by atoms with van der Waals surface area (Å²) in [6.07, 6.45) is 7.55. The molecule has 1 aliphatic heterocycles. The second-order valence-electron chi connectivity index (χ2n) is 7.73. The number of rotatable bonds is 4. The minimum absolute atomic E-state index is 0.103. The molecule has 0 radical (unpaired) electrons. The smallest absolute Gasteiger partial charge is 0.326 e. The number of pyridine rings is 1. The topological polar surface area (TPSA) is 88.5 Å². The summed E-state index contributed by atoms with van der Waals surface area (Å²) >= 11 is 0. The van der Waals surface area contributed by atoms with Crippen LogP contribution >= 0.6 is 0 Å². The van der Waals surface area contributed by atoms with Gasteiger partial charge in [0, 0.05) is 43.0 Å². The van der Waals surface area contributed by atoms with E-state index in [1.807, 2.05) is 24.3 Å². The number of nitrogens with one attached hydrogen (secondary N) is 2. The van der Waals surface area contributed by atoms with Crippen molar-refractivity contribution < 1.29 is 14.3 Å². The first-order valence-electron chi connectivity index (χ1n) is 10.3. The SMILES string of the molecule is O=C(Nc1cc(Oc2ccc3c(ccn3C(=O)NC3CC3)c2)ccn1)N1CCCC1. The lowest BCUT2D eigenvalue weighted by molar-refractivity contribution is 0.222. The molecule has 1 aromatic carbocycles. The molecule has 1 aliphatic carbocycles. The van der Waals surface area contributed by atoms with Crippen LogP contribution < -0.4 is 15.4 Å². The van der Waals surface area contributed by atoms with E-state index >= 15 is 0 Å². The maximum atomic E-state index is 12.3. The Balaban J connectivity index is 1.29. The Morgan fingerprint density at radius 2 is 1.80 bits per heavy atom. The van der Waals surface area contributed by atoms with Crippen LogP contribution in [0.5, 0.6) is 11.5 Å². The number of fused-ring (bicyclic) bond motifs is 1. The molecule has 2 N–H and O–H groups in total. The van der Waals surface area contributed by atoms with Crippen LogP contribution in [0.3, 0.4) is 0 Å². The minimum atomic E-state index is -0.135. The molecular formula is C22H23N5O3. The molecule has 0 unspecified atom stereocenters. The van der Waals surface area contributed by atoms with Crippen LogP contribution in [0.2, 0.25) is 0 Å². The van der Waals surface area contributed by atoms with Gasteiger partial charge < -0.3 is 15.0 Å². The zero-order chi connectivity index (χ0) is 20.5.